The van der Waals surface area contributed by atoms with Gasteiger partial charge in [0.1, 0.15) is 28.8 Å². The third kappa shape index (κ3) is 4.23. The molecule has 1 unspecified atom stereocenters. The third-order valence-electron chi connectivity index (χ3n) is 5.45. The molecule has 0 saturated heterocycles. The van der Waals surface area contributed by atoms with E-state index in [9.17, 15) is 5.11 Å². The molecule has 4 nitrogen and oxygen atoms in total. The van der Waals surface area contributed by atoms with E-state index in [0.29, 0.717) is 11.5 Å². The number of phenolic OH excluding ortho intramolecular Hbond substituents is 1. The van der Waals surface area contributed by atoms with Crippen molar-refractivity contribution in [3.8, 4) is 17.2 Å². The Bertz CT molecular complexity index is 1210. The molecule has 2 aliphatic rings. The van der Waals surface area contributed by atoms with Crippen molar-refractivity contribution in [3.63, 3.8) is 0 Å². The minimum Gasteiger partial charge on any atom is -0.508 e. The van der Waals surface area contributed by atoms with Gasteiger partial charge in [0.2, 0.25) is 0 Å². The van der Waals surface area contributed by atoms with Crippen LogP contribution in [0.4, 0.5) is 5.69 Å². The normalized spacial score (nSPS) is 16.1. The highest BCUT2D eigenvalue weighted by Crippen LogP contribution is 2.48. The van der Waals surface area contributed by atoms with Crippen molar-refractivity contribution in [2.75, 3.05) is 19.0 Å². The molecule has 5 rings (SSSR count). The van der Waals surface area contributed by atoms with Gasteiger partial charge in [0.25, 0.3) is 0 Å². The molecule has 0 spiro atoms. The highest BCUT2D eigenvalue weighted by molar-refractivity contribution is 5.85. The molecule has 1 N–H and O–H groups in total. The molecule has 0 aliphatic carbocycles. The van der Waals surface area contributed by atoms with E-state index in [0.717, 1.165) is 33.9 Å². The van der Waals surface area contributed by atoms with Crippen LogP contribution in [-0.4, -0.2) is 19.2 Å². The molecule has 3 aromatic carbocycles. The molecular weight excluding hydrogens is 422 g/mol. The Morgan fingerprint density at radius 3 is 2.22 bits per heavy atom. The van der Waals surface area contributed by atoms with Crippen molar-refractivity contribution in [2.24, 2.45) is 0 Å². The lowest BCUT2D eigenvalue weighted by Crippen LogP contribution is -2.14. The molecule has 5 heteroatoms. The molecule has 2 aliphatic heterocycles. The first-order valence-corrected chi connectivity index (χ1v) is 10.2. The molecule has 0 saturated carbocycles. The predicted octanol–water partition coefficient (Wildman–Crippen LogP) is 6.39. The van der Waals surface area contributed by atoms with E-state index in [2.05, 4.69) is 41.3 Å². The van der Waals surface area contributed by atoms with E-state index in [-0.39, 0.29) is 24.1 Å². The lowest BCUT2D eigenvalue weighted by Gasteiger charge is -2.29. The van der Waals surface area contributed by atoms with Crippen LogP contribution >= 0.6 is 12.4 Å². The Balaban J connectivity index is 0.00000245. The topological polar surface area (TPSA) is 41.9 Å². The van der Waals surface area contributed by atoms with Gasteiger partial charge in [-0.15, -0.1) is 12.4 Å². The van der Waals surface area contributed by atoms with E-state index >= 15 is 0 Å². The zero-order chi connectivity index (χ0) is 21.4. The van der Waals surface area contributed by atoms with E-state index in [1.807, 2.05) is 56.6 Å². The molecule has 0 bridgehead atoms. The van der Waals surface area contributed by atoms with Crippen LogP contribution in [0.25, 0.3) is 11.8 Å². The second kappa shape index (κ2) is 8.85. The fraction of sp³-hybridized carbons (Fsp3) is 0.111. The summed E-state index contributed by atoms with van der Waals surface area (Å²) in [5.74, 6) is 2.87. The number of aromatic hydroxyl groups is 1. The van der Waals surface area contributed by atoms with Crippen molar-refractivity contribution >= 4 is 29.9 Å². The van der Waals surface area contributed by atoms with Gasteiger partial charge in [0.15, 0.2) is 0 Å². The Morgan fingerprint density at radius 2 is 1.53 bits per heavy atom. The molecule has 2 heterocycles. The third-order valence-corrected chi connectivity index (χ3v) is 5.45. The second-order valence-electron chi connectivity index (χ2n) is 7.87. The Kier molecular flexibility index (Phi) is 5.97. The molecule has 1 atom stereocenters. The van der Waals surface area contributed by atoms with Crippen molar-refractivity contribution in [1.82, 2.24) is 0 Å². The molecule has 32 heavy (non-hydrogen) atoms. The maximum Gasteiger partial charge on any atom is 0.138 e. The van der Waals surface area contributed by atoms with Crippen molar-refractivity contribution in [1.29, 1.82) is 0 Å². The molecule has 0 amide bonds. The number of nitrogens with zero attached hydrogens (tertiary/aromatic N) is 1. The van der Waals surface area contributed by atoms with Gasteiger partial charge < -0.3 is 19.5 Å². The van der Waals surface area contributed by atoms with E-state index in [1.165, 1.54) is 0 Å². The van der Waals surface area contributed by atoms with Gasteiger partial charge in [-0.05, 0) is 35.9 Å². The molecule has 0 radical (unpaired) electrons. The number of allylic oxidation sites excluding steroid dienone is 3. The van der Waals surface area contributed by atoms with E-state index < -0.39 is 0 Å². The summed E-state index contributed by atoms with van der Waals surface area (Å²) in [6, 6.07) is 21.6. The summed E-state index contributed by atoms with van der Waals surface area (Å²) in [5, 5.41) is 10.2. The number of anilines is 1. The summed E-state index contributed by atoms with van der Waals surface area (Å²) in [4.78, 5) is 2.07. The van der Waals surface area contributed by atoms with Gasteiger partial charge in [-0.2, -0.15) is 0 Å². The van der Waals surface area contributed by atoms with Gasteiger partial charge in [0, 0.05) is 49.0 Å². The molecular formula is C27H24ClNO3. The minimum atomic E-state index is -0.000858. The average molecular weight is 446 g/mol. The fourth-order valence-corrected chi connectivity index (χ4v) is 3.86. The van der Waals surface area contributed by atoms with Crippen LogP contribution in [0.15, 0.2) is 90.7 Å². The summed E-state index contributed by atoms with van der Waals surface area (Å²) >= 11 is 0. The Morgan fingerprint density at radius 1 is 0.844 bits per heavy atom. The highest BCUT2D eigenvalue weighted by Gasteiger charge is 2.29. The maximum absolute atomic E-state index is 10.2. The molecule has 162 valence electrons. The van der Waals surface area contributed by atoms with Gasteiger partial charge in [-0.25, -0.2) is 0 Å². The quantitative estimate of drug-likeness (QED) is 0.505. The fourth-order valence-electron chi connectivity index (χ4n) is 3.86. The molecule has 0 fully saturated rings. The first-order chi connectivity index (χ1) is 15.1. The monoisotopic (exact) mass is 445 g/mol. The van der Waals surface area contributed by atoms with Crippen molar-refractivity contribution in [3.05, 3.63) is 107 Å². The van der Waals surface area contributed by atoms with Crippen molar-refractivity contribution < 1.29 is 14.6 Å². The summed E-state index contributed by atoms with van der Waals surface area (Å²) in [6.45, 7) is 0. The molecule has 0 aromatic heterocycles. The summed E-state index contributed by atoms with van der Waals surface area (Å²) < 4.78 is 12.2. The Hall–Kier alpha value is -3.63. The standard InChI is InChI=1S/C27H23NO3.ClH/c1-28(2)21-11-8-18(9-12-21)10-13-23-14-20-15-24(19-6-4-3-5-7-19)31-26-17-22(29)16-25(30-23)27(20)26;/h3-17,20,29H,1-2H3;1H. The van der Waals surface area contributed by atoms with Crippen LogP contribution in [0.3, 0.4) is 0 Å². The SMILES string of the molecule is CN(C)c1ccc(C=CC2=CC3C=C(c4ccccc4)Oc4cc(O)cc(c43)O2)cc1.Cl. The highest BCUT2D eigenvalue weighted by atomic mass is 35.5. The van der Waals surface area contributed by atoms with Crippen LogP contribution < -0.4 is 14.4 Å². The second-order valence-corrected chi connectivity index (χ2v) is 7.87. The van der Waals surface area contributed by atoms with Crippen LogP contribution in [0, 0.1) is 0 Å². The number of phenols is 1. The lowest BCUT2D eigenvalue weighted by molar-refractivity contribution is 0.397. The summed E-state index contributed by atoms with van der Waals surface area (Å²) in [5.41, 5.74) is 4.17. The largest absolute Gasteiger partial charge is 0.508 e. The summed E-state index contributed by atoms with van der Waals surface area (Å²) in [6.07, 6.45) is 8.17. The number of benzene rings is 3. The van der Waals surface area contributed by atoms with E-state index in [1.54, 1.807) is 12.1 Å². The van der Waals surface area contributed by atoms with Gasteiger partial charge in [0.05, 0.1) is 0 Å². The maximum atomic E-state index is 10.2. The number of ether oxygens (including phenoxy) is 2. The van der Waals surface area contributed by atoms with Crippen LogP contribution in [0.5, 0.6) is 17.2 Å². The predicted molar refractivity (Wildman–Crippen MR) is 132 cm³/mol. The van der Waals surface area contributed by atoms with Crippen molar-refractivity contribution in [2.45, 2.75) is 5.92 Å². The first-order valence-electron chi connectivity index (χ1n) is 10.2. The van der Waals surface area contributed by atoms with Crippen LogP contribution in [0.2, 0.25) is 0 Å². The zero-order valence-corrected chi connectivity index (χ0v) is 18.7. The first kappa shape index (κ1) is 21.6. The number of rotatable bonds is 4. The average Bonchev–Trinajstić information content (AvgIpc) is 2.78. The van der Waals surface area contributed by atoms with Gasteiger partial charge >= 0.3 is 0 Å². The minimum absolute atomic E-state index is 0. The van der Waals surface area contributed by atoms with Gasteiger partial charge in [-0.3, -0.25) is 0 Å². The summed E-state index contributed by atoms with van der Waals surface area (Å²) in [7, 11) is 4.05. The molecule has 3 aromatic rings. The number of halogens is 1. The zero-order valence-electron chi connectivity index (χ0n) is 17.9. The number of hydrogen-bond donors (Lipinski definition) is 1. The van der Waals surface area contributed by atoms with Crippen LogP contribution in [0.1, 0.15) is 22.6 Å². The van der Waals surface area contributed by atoms with Crippen LogP contribution in [-0.2, 0) is 0 Å². The number of hydrogen-bond acceptors (Lipinski definition) is 4. The Labute approximate surface area is 194 Å². The van der Waals surface area contributed by atoms with Gasteiger partial charge in [-0.1, -0.05) is 48.5 Å². The van der Waals surface area contributed by atoms with E-state index in [4.69, 9.17) is 9.47 Å². The lowest BCUT2D eigenvalue weighted by atomic mass is 9.90. The smallest absolute Gasteiger partial charge is 0.138 e.